The fourth-order valence-electron chi connectivity index (χ4n) is 3.84. The minimum absolute atomic E-state index is 0.0224. The lowest BCUT2D eigenvalue weighted by Gasteiger charge is -2.32. The lowest BCUT2D eigenvalue weighted by atomic mass is 9.99. The molecule has 2 aliphatic rings. The highest BCUT2D eigenvalue weighted by Crippen LogP contribution is 2.27. The van der Waals surface area contributed by atoms with E-state index in [0.717, 1.165) is 13.0 Å². The second kappa shape index (κ2) is 7.64. The topological polar surface area (TPSA) is 47.6 Å². The zero-order valence-electron chi connectivity index (χ0n) is 14.1. The summed E-state index contributed by atoms with van der Waals surface area (Å²) in [5.74, 6) is 0. The summed E-state index contributed by atoms with van der Waals surface area (Å²) in [7, 11) is 4.11. The molecular weight excluding hydrogens is 308 g/mol. The van der Waals surface area contributed by atoms with Crippen LogP contribution in [-0.4, -0.2) is 61.6 Å². The van der Waals surface area contributed by atoms with Crippen LogP contribution in [0.15, 0.2) is 17.5 Å². The Hall–Kier alpha value is -1.11. The second-order valence-electron chi connectivity index (χ2n) is 6.84. The Labute approximate surface area is 143 Å². The highest BCUT2D eigenvalue weighted by Gasteiger charge is 2.36. The van der Waals surface area contributed by atoms with Crippen molar-refractivity contribution in [2.75, 3.05) is 33.7 Å². The number of nitrogens with zero attached hydrogens (tertiary/aromatic N) is 2. The van der Waals surface area contributed by atoms with Gasteiger partial charge in [-0.1, -0.05) is 12.5 Å². The number of urea groups is 1. The molecule has 2 amide bonds. The smallest absolute Gasteiger partial charge is 0.315 e. The summed E-state index contributed by atoms with van der Waals surface area (Å²) >= 11 is 1.74. The van der Waals surface area contributed by atoms with Crippen LogP contribution in [0.4, 0.5) is 4.79 Å². The monoisotopic (exact) mass is 336 g/mol. The molecule has 3 rings (SSSR count). The van der Waals surface area contributed by atoms with Gasteiger partial charge >= 0.3 is 6.03 Å². The van der Waals surface area contributed by atoms with Crippen molar-refractivity contribution < 1.29 is 4.79 Å². The lowest BCUT2D eigenvalue weighted by Crippen LogP contribution is -2.50. The van der Waals surface area contributed by atoms with Gasteiger partial charge in [-0.3, -0.25) is 4.90 Å². The third-order valence-corrected chi connectivity index (χ3v) is 6.10. The van der Waals surface area contributed by atoms with Gasteiger partial charge in [-0.05, 0) is 51.3 Å². The molecule has 0 aromatic carbocycles. The predicted molar refractivity (Wildman–Crippen MR) is 94.9 cm³/mol. The van der Waals surface area contributed by atoms with Gasteiger partial charge in [0.05, 0.1) is 6.04 Å². The molecule has 0 saturated carbocycles. The van der Waals surface area contributed by atoms with Gasteiger partial charge < -0.3 is 15.5 Å². The molecule has 3 heterocycles. The van der Waals surface area contributed by atoms with E-state index in [1.54, 1.807) is 11.3 Å². The van der Waals surface area contributed by atoms with Crippen molar-refractivity contribution in [1.29, 1.82) is 0 Å². The van der Waals surface area contributed by atoms with Crippen LogP contribution in [0, 0.1) is 0 Å². The standard InChI is InChI=1S/C17H28N4OS/c1-20(2)15(16-7-5-11-23-16)12-18-17(22)19-13-8-10-21-9-4-3-6-14(13)21/h5,7,11,13-15H,3-4,6,8-10,12H2,1-2H3,(H2,18,19,22)/t13-,14+,15+/m0/s1. The summed E-state index contributed by atoms with van der Waals surface area (Å²) in [6, 6.07) is 5.27. The van der Waals surface area contributed by atoms with Crippen LogP contribution < -0.4 is 10.6 Å². The van der Waals surface area contributed by atoms with E-state index >= 15 is 0 Å². The van der Waals surface area contributed by atoms with Crippen molar-refractivity contribution in [3.8, 4) is 0 Å². The first-order chi connectivity index (χ1) is 11.1. The van der Waals surface area contributed by atoms with Crippen LogP contribution in [0.25, 0.3) is 0 Å². The Balaban J connectivity index is 1.49. The first kappa shape index (κ1) is 16.7. The molecule has 0 bridgehead atoms. The van der Waals surface area contributed by atoms with Crippen LogP contribution in [0.3, 0.4) is 0 Å². The summed E-state index contributed by atoms with van der Waals surface area (Å²) in [6.07, 6.45) is 4.91. The molecule has 6 heteroatoms. The molecule has 0 radical (unpaired) electrons. The third kappa shape index (κ3) is 4.05. The number of amides is 2. The number of thiophene rings is 1. The van der Waals surface area contributed by atoms with E-state index in [4.69, 9.17) is 0 Å². The second-order valence-corrected chi connectivity index (χ2v) is 7.82. The molecule has 0 spiro atoms. The molecule has 0 unspecified atom stereocenters. The normalized spacial score (nSPS) is 26.0. The summed E-state index contributed by atoms with van der Waals surface area (Å²) in [5.41, 5.74) is 0. The van der Waals surface area contributed by atoms with Crippen molar-refractivity contribution >= 4 is 17.4 Å². The molecule has 5 nitrogen and oxygen atoms in total. The van der Waals surface area contributed by atoms with Crippen LogP contribution in [0.5, 0.6) is 0 Å². The van der Waals surface area contributed by atoms with Crippen molar-refractivity contribution in [3.63, 3.8) is 0 Å². The first-order valence-corrected chi connectivity index (χ1v) is 9.51. The van der Waals surface area contributed by atoms with Crippen molar-refractivity contribution in [2.24, 2.45) is 0 Å². The Morgan fingerprint density at radius 2 is 2.26 bits per heavy atom. The minimum Gasteiger partial charge on any atom is -0.336 e. The van der Waals surface area contributed by atoms with Crippen LogP contribution in [0.1, 0.15) is 36.6 Å². The molecule has 2 saturated heterocycles. The maximum atomic E-state index is 12.3. The zero-order chi connectivity index (χ0) is 16.2. The lowest BCUT2D eigenvalue weighted by molar-refractivity contribution is 0.178. The maximum absolute atomic E-state index is 12.3. The number of rotatable bonds is 5. The fraction of sp³-hybridized carbons (Fsp3) is 0.706. The summed E-state index contributed by atoms with van der Waals surface area (Å²) in [4.78, 5) is 18.3. The van der Waals surface area contributed by atoms with Gasteiger partial charge in [0.1, 0.15) is 0 Å². The van der Waals surface area contributed by atoms with E-state index < -0.39 is 0 Å². The average Bonchev–Trinajstić information content (AvgIpc) is 3.18. The predicted octanol–water partition coefficient (Wildman–Crippen LogP) is 2.28. The Kier molecular flexibility index (Phi) is 5.56. The van der Waals surface area contributed by atoms with Crippen molar-refractivity contribution in [1.82, 2.24) is 20.4 Å². The van der Waals surface area contributed by atoms with Crippen molar-refractivity contribution in [2.45, 2.75) is 43.8 Å². The highest BCUT2D eigenvalue weighted by atomic mass is 32.1. The van der Waals surface area contributed by atoms with Crippen LogP contribution >= 0.6 is 11.3 Å². The zero-order valence-corrected chi connectivity index (χ0v) is 14.9. The average molecular weight is 337 g/mol. The van der Waals surface area contributed by atoms with Gasteiger partial charge in [0, 0.05) is 30.1 Å². The number of hydrogen-bond donors (Lipinski definition) is 2. The van der Waals surface area contributed by atoms with E-state index in [2.05, 4.69) is 52.0 Å². The van der Waals surface area contributed by atoms with Gasteiger partial charge in [0.2, 0.25) is 0 Å². The van der Waals surface area contributed by atoms with Crippen LogP contribution in [-0.2, 0) is 0 Å². The molecule has 0 aliphatic carbocycles. The first-order valence-electron chi connectivity index (χ1n) is 8.63. The van der Waals surface area contributed by atoms with Crippen molar-refractivity contribution in [3.05, 3.63) is 22.4 Å². The molecule has 2 N–H and O–H groups in total. The quantitative estimate of drug-likeness (QED) is 0.867. The van der Waals surface area contributed by atoms with Gasteiger partial charge in [-0.2, -0.15) is 0 Å². The van der Waals surface area contributed by atoms with E-state index in [1.165, 1.54) is 30.7 Å². The van der Waals surface area contributed by atoms with Gasteiger partial charge in [0.25, 0.3) is 0 Å². The number of carbonyl (C=O) groups is 1. The number of nitrogens with one attached hydrogen (secondary N) is 2. The molecule has 3 atom stereocenters. The Bertz CT molecular complexity index is 505. The Morgan fingerprint density at radius 1 is 1.39 bits per heavy atom. The highest BCUT2D eigenvalue weighted by molar-refractivity contribution is 7.10. The molecule has 1 aromatic rings. The largest absolute Gasteiger partial charge is 0.336 e. The van der Waals surface area contributed by atoms with E-state index in [-0.39, 0.29) is 12.1 Å². The minimum atomic E-state index is -0.0224. The molecule has 2 aliphatic heterocycles. The van der Waals surface area contributed by atoms with Gasteiger partial charge in [0.15, 0.2) is 0 Å². The number of carbonyl (C=O) groups excluding carboxylic acids is 1. The number of likely N-dealkylation sites (N-methyl/N-ethyl adjacent to an activating group) is 1. The van der Waals surface area contributed by atoms with Gasteiger partial charge in [-0.25, -0.2) is 4.79 Å². The van der Waals surface area contributed by atoms with E-state index in [1.807, 2.05) is 0 Å². The summed E-state index contributed by atoms with van der Waals surface area (Å²) in [6.45, 7) is 2.97. The maximum Gasteiger partial charge on any atom is 0.315 e. The Morgan fingerprint density at radius 3 is 3.00 bits per heavy atom. The molecule has 128 valence electrons. The molecule has 1 aromatic heterocycles. The summed E-state index contributed by atoms with van der Waals surface area (Å²) in [5, 5.41) is 8.37. The molecule has 23 heavy (non-hydrogen) atoms. The number of piperidine rings is 1. The number of fused-ring (bicyclic) bond motifs is 1. The van der Waals surface area contributed by atoms with E-state index in [0.29, 0.717) is 18.6 Å². The van der Waals surface area contributed by atoms with Gasteiger partial charge in [-0.15, -0.1) is 11.3 Å². The summed E-state index contributed by atoms with van der Waals surface area (Å²) < 4.78 is 0. The SMILES string of the molecule is CN(C)[C@H](CNC(=O)N[C@H]1CCN2CCCC[C@H]12)c1cccs1. The number of hydrogen-bond acceptors (Lipinski definition) is 4. The molecular formula is C17H28N4OS. The van der Waals surface area contributed by atoms with E-state index in [9.17, 15) is 4.79 Å². The third-order valence-electron chi connectivity index (χ3n) is 5.12. The van der Waals surface area contributed by atoms with Crippen LogP contribution in [0.2, 0.25) is 0 Å². The fourth-order valence-corrected chi connectivity index (χ4v) is 4.77. The molecule has 2 fully saturated rings.